The summed E-state index contributed by atoms with van der Waals surface area (Å²) in [6, 6.07) is 22.6. The van der Waals surface area contributed by atoms with Gasteiger partial charge in [-0.3, -0.25) is 9.59 Å². The first-order chi connectivity index (χ1) is 18.8. The summed E-state index contributed by atoms with van der Waals surface area (Å²) in [5, 5.41) is 17.5. The van der Waals surface area contributed by atoms with Crippen LogP contribution in [0.4, 0.5) is 0 Å². The lowest BCUT2D eigenvalue weighted by molar-refractivity contribution is 0.0755. The first-order valence-corrected chi connectivity index (χ1v) is 14.5. The molecule has 2 amide bonds. The number of hydrogen-bond acceptors (Lipinski definition) is 4. The van der Waals surface area contributed by atoms with E-state index in [0.717, 1.165) is 34.0 Å². The third kappa shape index (κ3) is 9.60. The van der Waals surface area contributed by atoms with Crippen LogP contribution in [0.15, 0.2) is 77.3 Å². The highest BCUT2D eigenvalue weighted by Crippen LogP contribution is 2.17. The van der Waals surface area contributed by atoms with Crippen LogP contribution in [-0.2, 0) is 13.0 Å². The molecule has 208 valence electrons. The lowest BCUT2D eigenvalue weighted by Crippen LogP contribution is -2.48. The zero-order chi connectivity index (χ0) is 28.2. The van der Waals surface area contributed by atoms with Crippen molar-refractivity contribution in [2.75, 3.05) is 19.6 Å². The van der Waals surface area contributed by atoms with Gasteiger partial charge in [0.15, 0.2) is 0 Å². The van der Waals surface area contributed by atoms with Crippen molar-refractivity contribution in [3.63, 3.8) is 0 Å². The van der Waals surface area contributed by atoms with Crippen LogP contribution in [0.2, 0.25) is 0 Å². The van der Waals surface area contributed by atoms with E-state index in [1.165, 1.54) is 0 Å². The SMILES string of the molecule is CCCN(CCC)C(=O)c1cc(C)cc(C(=O)N[C@@H](Cc2cccc(Br)c2)[C@H](O)CNCc2ccccc2)c1. The number of amides is 2. The summed E-state index contributed by atoms with van der Waals surface area (Å²) in [6.07, 6.45) is 1.38. The molecule has 0 aromatic heterocycles. The number of nitrogens with zero attached hydrogens (tertiary/aromatic N) is 1. The fraction of sp³-hybridized carbons (Fsp3) is 0.375. The van der Waals surface area contributed by atoms with Crippen LogP contribution in [-0.4, -0.2) is 53.6 Å². The van der Waals surface area contributed by atoms with Gasteiger partial charge in [0.1, 0.15) is 0 Å². The molecule has 0 fully saturated rings. The molecular weight excluding hydrogens is 554 g/mol. The molecule has 6 nitrogen and oxygen atoms in total. The highest BCUT2D eigenvalue weighted by Gasteiger charge is 2.24. The molecule has 3 aromatic rings. The lowest BCUT2D eigenvalue weighted by atomic mass is 9.99. The number of rotatable bonds is 14. The summed E-state index contributed by atoms with van der Waals surface area (Å²) in [4.78, 5) is 28.6. The van der Waals surface area contributed by atoms with Gasteiger partial charge < -0.3 is 20.6 Å². The second-order valence-corrected chi connectivity index (χ2v) is 10.9. The van der Waals surface area contributed by atoms with Crippen molar-refractivity contribution in [3.05, 3.63) is 105 Å². The summed E-state index contributed by atoms with van der Waals surface area (Å²) in [6.45, 7) is 8.28. The van der Waals surface area contributed by atoms with Gasteiger partial charge in [0, 0.05) is 41.8 Å². The molecule has 0 spiro atoms. The molecule has 3 N–H and O–H groups in total. The van der Waals surface area contributed by atoms with Gasteiger partial charge in [-0.1, -0.05) is 72.2 Å². The fourth-order valence-electron chi connectivity index (χ4n) is 4.63. The third-order valence-electron chi connectivity index (χ3n) is 6.51. The Morgan fingerprint density at radius 1 is 0.897 bits per heavy atom. The number of aryl methyl sites for hydroxylation is 1. The number of aliphatic hydroxyl groups excluding tert-OH is 1. The van der Waals surface area contributed by atoms with Gasteiger partial charge in [-0.05, 0) is 73.2 Å². The summed E-state index contributed by atoms with van der Waals surface area (Å²) in [7, 11) is 0. The quantitative estimate of drug-likeness (QED) is 0.230. The standard InChI is InChI=1S/C32H40BrN3O3/c1-4-14-36(15-5-2)32(39)27-17-23(3)16-26(20-27)31(38)35-29(19-25-12-9-13-28(33)18-25)30(37)22-34-21-24-10-7-6-8-11-24/h6-13,16-18,20,29-30,34,37H,4-5,14-15,19,21-22H2,1-3H3,(H,35,38)/t29-,30+/m0/s1. The Hall–Kier alpha value is -3.00. The minimum Gasteiger partial charge on any atom is -0.390 e. The van der Waals surface area contributed by atoms with E-state index in [2.05, 4.69) is 40.4 Å². The Labute approximate surface area is 240 Å². The number of nitrogens with one attached hydrogen (secondary N) is 2. The van der Waals surface area contributed by atoms with Crippen molar-refractivity contribution < 1.29 is 14.7 Å². The highest BCUT2D eigenvalue weighted by atomic mass is 79.9. The normalized spacial score (nSPS) is 12.5. The van der Waals surface area contributed by atoms with Crippen molar-refractivity contribution in [3.8, 4) is 0 Å². The molecule has 0 radical (unpaired) electrons. The first kappa shape index (κ1) is 30.5. The topological polar surface area (TPSA) is 81.7 Å². The van der Waals surface area contributed by atoms with Gasteiger partial charge in [0.2, 0.25) is 0 Å². The molecule has 3 rings (SSSR count). The van der Waals surface area contributed by atoms with Gasteiger partial charge in [0.05, 0.1) is 12.1 Å². The van der Waals surface area contributed by atoms with Crippen LogP contribution in [0.3, 0.4) is 0 Å². The van der Waals surface area contributed by atoms with Crippen molar-refractivity contribution in [1.29, 1.82) is 0 Å². The largest absolute Gasteiger partial charge is 0.390 e. The number of carbonyl (C=O) groups is 2. The van der Waals surface area contributed by atoms with Crippen molar-refractivity contribution in [1.82, 2.24) is 15.5 Å². The van der Waals surface area contributed by atoms with Crippen LogP contribution >= 0.6 is 15.9 Å². The molecule has 0 bridgehead atoms. The summed E-state index contributed by atoms with van der Waals surface area (Å²) < 4.78 is 0.937. The molecule has 0 aliphatic rings. The molecule has 0 unspecified atom stereocenters. The first-order valence-electron chi connectivity index (χ1n) is 13.7. The van der Waals surface area contributed by atoms with E-state index in [1.54, 1.807) is 12.1 Å². The zero-order valence-electron chi connectivity index (χ0n) is 23.1. The molecule has 7 heteroatoms. The third-order valence-corrected chi connectivity index (χ3v) is 7.01. The van der Waals surface area contributed by atoms with Crippen molar-refractivity contribution in [2.24, 2.45) is 0 Å². The Kier molecular flexibility index (Phi) is 12.2. The van der Waals surface area contributed by atoms with Crippen LogP contribution in [0.25, 0.3) is 0 Å². The molecule has 0 aliphatic heterocycles. The molecule has 39 heavy (non-hydrogen) atoms. The van der Waals surface area contributed by atoms with E-state index < -0.39 is 12.1 Å². The number of aliphatic hydroxyl groups is 1. The van der Waals surface area contributed by atoms with Gasteiger partial charge >= 0.3 is 0 Å². The van der Waals surface area contributed by atoms with Crippen LogP contribution < -0.4 is 10.6 Å². The number of hydrogen-bond donors (Lipinski definition) is 3. The number of benzene rings is 3. The monoisotopic (exact) mass is 593 g/mol. The molecule has 0 saturated heterocycles. The summed E-state index contributed by atoms with van der Waals surface area (Å²) in [5.41, 5.74) is 3.87. The van der Waals surface area contributed by atoms with Crippen LogP contribution in [0.1, 0.15) is 64.1 Å². The highest BCUT2D eigenvalue weighted by molar-refractivity contribution is 9.10. The maximum absolute atomic E-state index is 13.5. The molecule has 0 saturated carbocycles. The average molecular weight is 595 g/mol. The molecule has 3 aromatic carbocycles. The average Bonchev–Trinajstić information content (AvgIpc) is 2.92. The molecular formula is C32H40BrN3O3. The lowest BCUT2D eigenvalue weighted by Gasteiger charge is -2.25. The van der Waals surface area contributed by atoms with E-state index >= 15 is 0 Å². The Bertz CT molecular complexity index is 1210. The Morgan fingerprint density at radius 2 is 1.56 bits per heavy atom. The van der Waals surface area contributed by atoms with Crippen LogP contribution in [0, 0.1) is 6.92 Å². The number of halogens is 1. The van der Waals surface area contributed by atoms with E-state index in [1.807, 2.05) is 72.5 Å². The maximum atomic E-state index is 13.5. The van der Waals surface area contributed by atoms with Crippen LogP contribution in [0.5, 0.6) is 0 Å². The van der Waals surface area contributed by atoms with E-state index in [-0.39, 0.29) is 11.8 Å². The minimum atomic E-state index is -0.827. The predicted octanol–water partition coefficient (Wildman–Crippen LogP) is 5.51. The molecule has 2 atom stereocenters. The minimum absolute atomic E-state index is 0.0627. The second-order valence-electron chi connectivity index (χ2n) is 9.98. The predicted molar refractivity (Wildman–Crippen MR) is 161 cm³/mol. The smallest absolute Gasteiger partial charge is 0.253 e. The van der Waals surface area contributed by atoms with Crippen molar-refractivity contribution in [2.45, 2.75) is 58.7 Å². The van der Waals surface area contributed by atoms with E-state index in [4.69, 9.17) is 0 Å². The van der Waals surface area contributed by atoms with E-state index in [9.17, 15) is 14.7 Å². The van der Waals surface area contributed by atoms with E-state index in [0.29, 0.717) is 43.7 Å². The zero-order valence-corrected chi connectivity index (χ0v) is 24.7. The molecule has 0 heterocycles. The Balaban J connectivity index is 1.78. The summed E-state index contributed by atoms with van der Waals surface area (Å²) >= 11 is 3.51. The Morgan fingerprint density at radius 3 is 2.23 bits per heavy atom. The van der Waals surface area contributed by atoms with Gasteiger partial charge in [0.25, 0.3) is 11.8 Å². The summed E-state index contributed by atoms with van der Waals surface area (Å²) in [5.74, 6) is -0.375. The number of carbonyl (C=O) groups excluding carboxylic acids is 2. The fourth-order valence-corrected chi connectivity index (χ4v) is 5.08. The van der Waals surface area contributed by atoms with Gasteiger partial charge in [-0.2, -0.15) is 0 Å². The maximum Gasteiger partial charge on any atom is 0.253 e. The van der Waals surface area contributed by atoms with Crippen molar-refractivity contribution >= 4 is 27.7 Å². The molecule has 0 aliphatic carbocycles. The van der Waals surface area contributed by atoms with Gasteiger partial charge in [-0.15, -0.1) is 0 Å². The second kappa shape index (κ2) is 15.6. The van der Waals surface area contributed by atoms with Gasteiger partial charge in [-0.25, -0.2) is 0 Å².